The van der Waals surface area contributed by atoms with E-state index in [0.717, 1.165) is 37.1 Å². The Morgan fingerprint density at radius 2 is 2.00 bits per heavy atom. The molecular weight excluding hydrogens is 319 g/mol. The summed E-state index contributed by atoms with van der Waals surface area (Å²) < 4.78 is 40.1. The maximum atomic E-state index is 13.1. The normalized spacial score (nSPS) is 15.9. The summed E-state index contributed by atoms with van der Waals surface area (Å²) in [6.45, 7) is 3.97. The monoisotopic (exact) mass is 332 g/mol. The molecule has 1 heterocycles. The molecular formula is C13H14ClFN2O3S. The third-order valence-corrected chi connectivity index (χ3v) is 5.28. The van der Waals surface area contributed by atoms with E-state index in [9.17, 15) is 17.6 Å². The van der Waals surface area contributed by atoms with Gasteiger partial charge in [-0.05, 0) is 37.1 Å². The maximum Gasteiger partial charge on any atom is 0.311 e. The van der Waals surface area contributed by atoms with Gasteiger partial charge in [-0.25, -0.2) is 4.39 Å². The summed E-state index contributed by atoms with van der Waals surface area (Å²) in [5.74, 6) is -1.45. The van der Waals surface area contributed by atoms with E-state index in [1.165, 1.54) is 4.31 Å². The lowest BCUT2D eigenvalue weighted by Gasteiger charge is -2.27. The molecule has 0 radical (unpaired) electrons. The predicted molar refractivity (Wildman–Crippen MR) is 78.8 cm³/mol. The Morgan fingerprint density at radius 1 is 1.38 bits per heavy atom. The fourth-order valence-corrected chi connectivity index (χ4v) is 4.08. The smallest absolute Gasteiger partial charge is 0.268 e. The molecule has 1 amide bonds. The molecule has 0 N–H and O–H groups in total. The molecule has 0 atom stereocenters. The standard InChI is InChI=1S/C13H14ClFN2O3S/c1-2-13(18)17(12-6-5-10(15)9-11(12)14)21(19,20)16-7-3-4-8-16/h2,5-6,9H,1,3-4,7-8H2. The van der Waals surface area contributed by atoms with Crippen molar-refractivity contribution < 1.29 is 17.6 Å². The predicted octanol–water partition coefficient (Wildman–Crippen LogP) is 2.34. The van der Waals surface area contributed by atoms with Crippen LogP contribution < -0.4 is 4.31 Å². The summed E-state index contributed by atoms with van der Waals surface area (Å²) in [7, 11) is -4.06. The van der Waals surface area contributed by atoms with Crippen molar-refractivity contribution in [3.8, 4) is 0 Å². The Morgan fingerprint density at radius 3 is 2.52 bits per heavy atom. The van der Waals surface area contributed by atoms with E-state index in [4.69, 9.17) is 11.6 Å². The van der Waals surface area contributed by atoms with Gasteiger partial charge in [0.1, 0.15) is 5.82 Å². The molecule has 5 nitrogen and oxygen atoms in total. The Bertz CT molecular complexity index is 672. The van der Waals surface area contributed by atoms with Crippen molar-refractivity contribution in [2.75, 3.05) is 17.4 Å². The Kier molecular flexibility index (Phi) is 4.65. The van der Waals surface area contributed by atoms with Crippen molar-refractivity contribution in [2.24, 2.45) is 0 Å². The van der Waals surface area contributed by atoms with Crippen LogP contribution in [0, 0.1) is 5.82 Å². The minimum atomic E-state index is -4.06. The maximum absolute atomic E-state index is 13.1. The summed E-state index contributed by atoms with van der Waals surface area (Å²) >= 11 is 5.89. The summed E-state index contributed by atoms with van der Waals surface area (Å²) in [5.41, 5.74) is -0.0881. The minimum Gasteiger partial charge on any atom is -0.268 e. The molecule has 1 saturated heterocycles. The first kappa shape index (κ1) is 15.9. The fourth-order valence-electron chi connectivity index (χ4n) is 2.12. The summed E-state index contributed by atoms with van der Waals surface area (Å²) in [6, 6.07) is 3.16. The van der Waals surface area contributed by atoms with E-state index >= 15 is 0 Å². The summed E-state index contributed by atoms with van der Waals surface area (Å²) in [4.78, 5) is 12.0. The van der Waals surface area contributed by atoms with Gasteiger partial charge in [-0.2, -0.15) is 17.0 Å². The lowest BCUT2D eigenvalue weighted by molar-refractivity contribution is -0.113. The number of amides is 1. The number of hydrogen-bond donors (Lipinski definition) is 0. The van der Waals surface area contributed by atoms with Crippen LogP contribution in [0.5, 0.6) is 0 Å². The number of halogens is 2. The lowest BCUT2D eigenvalue weighted by atomic mass is 10.3. The van der Waals surface area contributed by atoms with Gasteiger partial charge in [-0.15, -0.1) is 0 Å². The SMILES string of the molecule is C=CC(=O)N(c1ccc(F)cc1Cl)S(=O)(=O)N1CCCC1. The highest BCUT2D eigenvalue weighted by Gasteiger charge is 2.36. The van der Waals surface area contributed by atoms with Crippen molar-refractivity contribution in [3.63, 3.8) is 0 Å². The van der Waals surface area contributed by atoms with Crippen LogP contribution in [0.1, 0.15) is 12.8 Å². The van der Waals surface area contributed by atoms with E-state index in [-0.39, 0.29) is 10.7 Å². The first-order valence-corrected chi connectivity index (χ1v) is 8.07. The number of carbonyl (C=O) groups is 1. The number of benzene rings is 1. The highest BCUT2D eigenvalue weighted by Crippen LogP contribution is 2.31. The third-order valence-electron chi connectivity index (χ3n) is 3.13. The van der Waals surface area contributed by atoms with Crippen LogP contribution in [-0.2, 0) is 15.0 Å². The number of nitrogens with zero attached hydrogens (tertiary/aromatic N) is 2. The second-order valence-corrected chi connectivity index (χ2v) is 6.70. The molecule has 1 aliphatic heterocycles. The van der Waals surface area contributed by atoms with Gasteiger partial charge in [0.15, 0.2) is 0 Å². The topological polar surface area (TPSA) is 57.7 Å². The number of carbonyl (C=O) groups excluding carboxylic acids is 1. The van der Waals surface area contributed by atoms with E-state index in [1.807, 2.05) is 0 Å². The van der Waals surface area contributed by atoms with Crippen LogP contribution in [0.25, 0.3) is 0 Å². The van der Waals surface area contributed by atoms with E-state index in [2.05, 4.69) is 6.58 Å². The van der Waals surface area contributed by atoms with Crippen molar-refractivity contribution in [2.45, 2.75) is 12.8 Å². The minimum absolute atomic E-state index is 0.0881. The molecule has 0 bridgehead atoms. The van der Waals surface area contributed by atoms with Crippen LogP contribution in [-0.4, -0.2) is 31.7 Å². The van der Waals surface area contributed by atoms with Gasteiger partial charge in [-0.3, -0.25) is 4.79 Å². The zero-order valence-electron chi connectivity index (χ0n) is 11.1. The zero-order chi connectivity index (χ0) is 15.6. The number of rotatable bonds is 4. The fraction of sp³-hybridized carbons (Fsp3) is 0.308. The largest absolute Gasteiger partial charge is 0.311 e. The summed E-state index contributed by atoms with van der Waals surface area (Å²) in [5, 5.41) is -0.159. The molecule has 0 aromatic heterocycles. The Hall–Kier alpha value is -1.44. The van der Waals surface area contributed by atoms with Crippen LogP contribution >= 0.6 is 11.6 Å². The molecule has 0 unspecified atom stereocenters. The highest BCUT2D eigenvalue weighted by molar-refractivity contribution is 7.91. The van der Waals surface area contributed by atoms with Gasteiger partial charge < -0.3 is 0 Å². The van der Waals surface area contributed by atoms with Crippen LogP contribution in [0.4, 0.5) is 10.1 Å². The second kappa shape index (κ2) is 6.13. The van der Waals surface area contributed by atoms with Crippen LogP contribution in [0.2, 0.25) is 5.02 Å². The van der Waals surface area contributed by atoms with E-state index in [0.29, 0.717) is 17.4 Å². The number of hydrogen-bond acceptors (Lipinski definition) is 3. The first-order chi connectivity index (χ1) is 9.87. The van der Waals surface area contributed by atoms with Gasteiger partial charge in [0.2, 0.25) is 0 Å². The van der Waals surface area contributed by atoms with Gasteiger partial charge in [0.25, 0.3) is 5.91 Å². The Balaban J connectivity index is 2.53. The molecule has 0 saturated carbocycles. The molecule has 21 heavy (non-hydrogen) atoms. The van der Waals surface area contributed by atoms with Crippen molar-refractivity contribution in [1.82, 2.24) is 4.31 Å². The van der Waals surface area contributed by atoms with Gasteiger partial charge in [0.05, 0.1) is 10.7 Å². The van der Waals surface area contributed by atoms with Gasteiger partial charge in [-0.1, -0.05) is 18.2 Å². The van der Waals surface area contributed by atoms with Crippen molar-refractivity contribution in [3.05, 3.63) is 41.7 Å². The van der Waals surface area contributed by atoms with Gasteiger partial charge >= 0.3 is 10.2 Å². The zero-order valence-corrected chi connectivity index (χ0v) is 12.7. The quantitative estimate of drug-likeness (QED) is 0.795. The van der Waals surface area contributed by atoms with E-state index in [1.54, 1.807) is 0 Å². The third kappa shape index (κ3) is 3.09. The molecule has 1 aromatic rings. The molecule has 0 aliphatic carbocycles. The molecule has 0 spiro atoms. The first-order valence-electron chi connectivity index (χ1n) is 6.30. The van der Waals surface area contributed by atoms with E-state index < -0.39 is 21.9 Å². The highest BCUT2D eigenvalue weighted by atomic mass is 35.5. The van der Waals surface area contributed by atoms with Crippen LogP contribution in [0.3, 0.4) is 0 Å². The van der Waals surface area contributed by atoms with Crippen LogP contribution in [0.15, 0.2) is 30.9 Å². The second-order valence-electron chi connectivity index (χ2n) is 4.52. The molecule has 1 fully saturated rings. The molecule has 8 heteroatoms. The molecule has 1 aliphatic rings. The lowest BCUT2D eigenvalue weighted by Crippen LogP contribution is -2.45. The average Bonchev–Trinajstić information content (AvgIpc) is 2.96. The summed E-state index contributed by atoms with van der Waals surface area (Å²) in [6.07, 6.45) is 2.34. The molecule has 114 valence electrons. The average molecular weight is 333 g/mol. The Labute approximate surface area is 127 Å². The number of anilines is 1. The van der Waals surface area contributed by atoms with Crippen molar-refractivity contribution in [1.29, 1.82) is 0 Å². The molecule has 2 rings (SSSR count). The molecule has 1 aromatic carbocycles. The van der Waals surface area contributed by atoms with Gasteiger partial charge in [0, 0.05) is 13.1 Å². The van der Waals surface area contributed by atoms with Crippen molar-refractivity contribution >= 4 is 33.4 Å².